The third kappa shape index (κ3) is 2.89. The average Bonchev–Trinajstić information content (AvgIpc) is 3.01. The van der Waals surface area contributed by atoms with E-state index in [1.807, 2.05) is 50.2 Å². The van der Waals surface area contributed by atoms with E-state index in [1.54, 1.807) is 12.0 Å². The summed E-state index contributed by atoms with van der Waals surface area (Å²) >= 11 is 0. The molecule has 2 heterocycles. The molecule has 0 saturated carbocycles. The Balaban J connectivity index is 1.87. The summed E-state index contributed by atoms with van der Waals surface area (Å²) in [7, 11) is 1.59. The molecule has 0 fully saturated rings. The molecule has 1 amide bonds. The van der Waals surface area contributed by atoms with Crippen LogP contribution in [-0.4, -0.2) is 25.6 Å². The third-order valence-corrected chi connectivity index (χ3v) is 5.10. The van der Waals surface area contributed by atoms with Gasteiger partial charge < -0.3 is 9.47 Å². The summed E-state index contributed by atoms with van der Waals surface area (Å²) in [5.74, 6) is -0.0988. The van der Waals surface area contributed by atoms with Gasteiger partial charge in [0.05, 0.1) is 18.4 Å². The number of benzene rings is 2. The van der Waals surface area contributed by atoms with Crippen molar-refractivity contribution in [2.45, 2.75) is 26.2 Å². The maximum atomic E-state index is 13.1. The largest absolute Gasteiger partial charge is 0.496 e. The lowest BCUT2D eigenvalue weighted by molar-refractivity contribution is -0.136. The van der Waals surface area contributed by atoms with Gasteiger partial charge in [0.1, 0.15) is 12.4 Å². The Morgan fingerprint density at radius 2 is 1.78 bits per heavy atom. The Labute approximate surface area is 158 Å². The molecule has 0 aromatic heterocycles. The molecular formula is C22H21NO4. The van der Waals surface area contributed by atoms with Crippen LogP contribution in [0.5, 0.6) is 5.75 Å². The topological polar surface area (TPSA) is 55.8 Å². The molecule has 4 rings (SSSR count). The maximum Gasteiger partial charge on any atom is 0.336 e. The number of amides is 1. The molecule has 0 N–H and O–H groups in total. The van der Waals surface area contributed by atoms with Gasteiger partial charge in [0, 0.05) is 23.6 Å². The van der Waals surface area contributed by atoms with E-state index < -0.39 is 0 Å². The number of esters is 1. The van der Waals surface area contributed by atoms with Crippen LogP contribution in [0.15, 0.2) is 53.7 Å². The highest BCUT2D eigenvalue weighted by Crippen LogP contribution is 2.44. The Morgan fingerprint density at radius 1 is 1.07 bits per heavy atom. The second kappa shape index (κ2) is 6.58. The number of hydrogen-bond donors (Lipinski definition) is 0. The first-order chi connectivity index (χ1) is 13.0. The van der Waals surface area contributed by atoms with E-state index in [0.29, 0.717) is 17.0 Å². The van der Waals surface area contributed by atoms with Crippen LogP contribution in [0.1, 0.15) is 29.0 Å². The molecule has 0 saturated heterocycles. The molecular weight excluding hydrogens is 342 g/mol. The SMILES string of the molecule is COc1ccccc1C1CC(=O)N(c2cc(C)cc(C)c2)C2=C1C(=O)OC2. The fourth-order valence-corrected chi connectivity index (χ4v) is 4.05. The Hall–Kier alpha value is -3.08. The fourth-order valence-electron chi connectivity index (χ4n) is 4.05. The van der Waals surface area contributed by atoms with Gasteiger partial charge in [-0.15, -0.1) is 0 Å². The number of anilines is 1. The molecule has 1 atom stereocenters. The number of hydrogen-bond acceptors (Lipinski definition) is 4. The zero-order chi connectivity index (χ0) is 19.1. The predicted octanol–water partition coefficient (Wildman–Crippen LogP) is 3.64. The number of methoxy groups -OCH3 is 1. The standard InChI is InChI=1S/C22H21NO4/c1-13-8-14(2)10-15(9-13)23-18-12-27-22(25)21(18)17(11-20(23)24)16-6-4-5-7-19(16)26-3/h4-10,17H,11-12H2,1-3H3. The van der Waals surface area contributed by atoms with Crippen LogP contribution in [0.4, 0.5) is 5.69 Å². The number of nitrogens with zero attached hydrogens (tertiary/aromatic N) is 1. The van der Waals surface area contributed by atoms with Gasteiger partial charge >= 0.3 is 5.97 Å². The van der Waals surface area contributed by atoms with Gasteiger partial charge in [-0.1, -0.05) is 24.3 Å². The van der Waals surface area contributed by atoms with E-state index in [1.165, 1.54) is 0 Å². The van der Waals surface area contributed by atoms with Gasteiger partial charge in [-0.2, -0.15) is 0 Å². The lowest BCUT2D eigenvalue weighted by atomic mass is 9.83. The number of rotatable bonds is 3. The monoisotopic (exact) mass is 363 g/mol. The molecule has 0 radical (unpaired) electrons. The van der Waals surface area contributed by atoms with Crippen LogP contribution in [0.25, 0.3) is 0 Å². The number of cyclic esters (lactones) is 1. The maximum absolute atomic E-state index is 13.1. The first kappa shape index (κ1) is 17.3. The lowest BCUT2D eigenvalue weighted by Gasteiger charge is -2.32. The average molecular weight is 363 g/mol. The highest BCUT2D eigenvalue weighted by molar-refractivity contribution is 6.06. The minimum atomic E-state index is -0.360. The van der Waals surface area contributed by atoms with Crippen molar-refractivity contribution < 1.29 is 19.1 Å². The molecule has 5 nitrogen and oxygen atoms in total. The Bertz CT molecular complexity index is 956. The van der Waals surface area contributed by atoms with Crippen molar-refractivity contribution in [1.29, 1.82) is 0 Å². The summed E-state index contributed by atoms with van der Waals surface area (Å²) in [5.41, 5.74) is 4.94. The molecule has 0 aliphatic carbocycles. The van der Waals surface area contributed by atoms with Gasteiger partial charge in [-0.25, -0.2) is 4.79 Å². The number of para-hydroxylation sites is 1. The highest BCUT2D eigenvalue weighted by atomic mass is 16.5. The van der Waals surface area contributed by atoms with E-state index in [-0.39, 0.29) is 30.8 Å². The van der Waals surface area contributed by atoms with Gasteiger partial charge in [0.15, 0.2) is 0 Å². The van der Waals surface area contributed by atoms with E-state index in [0.717, 1.165) is 22.4 Å². The van der Waals surface area contributed by atoms with Gasteiger partial charge in [0.25, 0.3) is 0 Å². The first-order valence-electron chi connectivity index (χ1n) is 8.94. The number of carbonyl (C=O) groups excluding carboxylic acids is 2. The van der Waals surface area contributed by atoms with Crippen LogP contribution in [0, 0.1) is 13.8 Å². The van der Waals surface area contributed by atoms with Crippen LogP contribution < -0.4 is 9.64 Å². The summed E-state index contributed by atoms with van der Waals surface area (Å²) in [6.07, 6.45) is 0.196. The van der Waals surface area contributed by atoms with E-state index >= 15 is 0 Å². The zero-order valence-electron chi connectivity index (χ0n) is 15.6. The van der Waals surface area contributed by atoms with E-state index in [2.05, 4.69) is 6.07 Å². The summed E-state index contributed by atoms with van der Waals surface area (Å²) in [5, 5.41) is 0. The van der Waals surface area contributed by atoms with Crippen molar-refractivity contribution in [3.8, 4) is 5.75 Å². The third-order valence-electron chi connectivity index (χ3n) is 5.10. The second-order valence-electron chi connectivity index (χ2n) is 7.01. The predicted molar refractivity (Wildman–Crippen MR) is 102 cm³/mol. The van der Waals surface area contributed by atoms with Crippen molar-refractivity contribution >= 4 is 17.6 Å². The fraction of sp³-hybridized carbons (Fsp3) is 0.273. The zero-order valence-corrected chi connectivity index (χ0v) is 15.6. The van der Waals surface area contributed by atoms with Crippen molar-refractivity contribution in [3.05, 3.63) is 70.4 Å². The Morgan fingerprint density at radius 3 is 2.48 bits per heavy atom. The molecule has 1 unspecified atom stereocenters. The molecule has 0 bridgehead atoms. The van der Waals surface area contributed by atoms with Gasteiger partial charge in [0.2, 0.25) is 5.91 Å². The van der Waals surface area contributed by atoms with E-state index in [4.69, 9.17) is 9.47 Å². The summed E-state index contributed by atoms with van der Waals surface area (Å²) < 4.78 is 10.8. The van der Waals surface area contributed by atoms with Gasteiger partial charge in [-0.05, 0) is 43.2 Å². The molecule has 0 spiro atoms. The van der Waals surface area contributed by atoms with Crippen LogP contribution in [0.3, 0.4) is 0 Å². The molecule has 2 aromatic rings. The smallest absolute Gasteiger partial charge is 0.336 e. The Kier molecular flexibility index (Phi) is 4.22. The van der Waals surface area contributed by atoms with Crippen molar-refractivity contribution in [2.75, 3.05) is 18.6 Å². The number of carbonyl (C=O) groups is 2. The van der Waals surface area contributed by atoms with Crippen molar-refractivity contribution in [3.63, 3.8) is 0 Å². The van der Waals surface area contributed by atoms with Crippen molar-refractivity contribution in [1.82, 2.24) is 0 Å². The molecule has 27 heavy (non-hydrogen) atoms. The van der Waals surface area contributed by atoms with Crippen LogP contribution in [0.2, 0.25) is 0 Å². The molecule has 2 aliphatic rings. The molecule has 2 aromatic carbocycles. The van der Waals surface area contributed by atoms with E-state index in [9.17, 15) is 9.59 Å². The normalized spacial score (nSPS) is 19.2. The van der Waals surface area contributed by atoms with Crippen LogP contribution >= 0.6 is 0 Å². The van der Waals surface area contributed by atoms with Crippen LogP contribution in [-0.2, 0) is 14.3 Å². The first-order valence-corrected chi connectivity index (χ1v) is 8.94. The summed E-state index contributed by atoms with van der Waals surface area (Å²) in [6.45, 7) is 4.10. The number of ether oxygens (including phenoxy) is 2. The lowest BCUT2D eigenvalue weighted by Crippen LogP contribution is -2.37. The molecule has 138 valence electrons. The molecule has 5 heteroatoms. The molecule has 2 aliphatic heterocycles. The minimum Gasteiger partial charge on any atom is -0.496 e. The summed E-state index contributed by atoms with van der Waals surface area (Å²) in [4.78, 5) is 27.3. The number of aryl methyl sites for hydroxylation is 2. The van der Waals surface area contributed by atoms with Crippen molar-refractivity contribution in [2.24, 2.45) is 0 Å². The quantitative estimate of drug-likeness (QED) is 0.781. The summed E-state index contributed by atoms with van der Waals surface area (Å²) in [6, 6.07) is 13.5. The minimum absolute atomic E-state index is 0.0482. The second-order valence-corrected chi connectivity index (χ2v) is 7.01. The van der Waals surface area contributed by atoms with Gasteiger partial charge in [-0.3, -0.25) is 9.69 Å². The highest BCUT2D eigenvalue weighted by Gasteiger charge is 2.43.